The van der Waals surface area contributed by atoms with Crippen molar-refractivity contribution >= 4 is 0 Å². The van der Waals surface area contributed by atoms with E-state index in [1.165, 1.54) is 24.8 Å². The Morgan fingerprint density at radius 2 is 2.13 bits per heavy atom. The molecule has 2 nitrogen and oxygen atoms in total. The first kappa shape index (κ1) is 10.5. The Labute approximate surface area is 91.4 Å². The van der Waals surface area contributed by atoms with Gasteiger partial charge < -0.3 is 10.5 Å². The van der Waals surface area contributed by atoms with Crippen molar-refractivity contribution in [2.75, 3.05) is 6.61 Å². The summed E-state index contributed by atoms with van der Waals surface area (Å²) in [7, 11) is 0. The van der Waals surface area contributed by atoms with Gasteiger partial charge in [-0.1, -0.05) is 24.6 Å². The standard InChI is InChI=1S/C13H19NO/c1-10-5-2-3-8-13(10)15-9-12(14)11-6-4-7-11/h2-3,5,8,11-12H,4,6-7,9,14H2,1H3. The van der Waals surface area contributed by atoms with Crippen LogP contribution >= 0.6 is 0 Å². The Kier molecular flexibility index (Phi) is 3.27. The van der Waals surface area contributed by atoms with Gasteiger partial charge in [0.05, 0.1) is 0 Å². The van der Waals surface area contributed by atoms with Crippen molar-refractivity contribution in [1.82, 2.24) is 0 Å². The maximum absolute atomic E-state index is 6.05. The van der Waals surface area contributed by atoms with Crippen molar-refractivity contribution in [3.63, 3.8) is 0 Å². The van der Waals surface area contributed by atoms with Gasteiger partial charge in [-0.25, -0.2) is 0 Å². The number of ether oxygens (including phenoxy) is 1. The molecule has 1 aromatic rings. The second-order valence-corrected chi connectivity index (χ2v) is 4.43. The van der Waals surface area contributed by atoms with E-state index in [9.17, 15) is 0 Å². The molecule has 15 heavy (non-hydrogen) atoms. The molecule has 1 fully saturated rings. The molecule has 0 saturated heterocycles. The third-order valence-corrected chi connectivity index (χ3v) is 3.28. The van der Waals surface area contributed by atoms with Crippen LogP contribution in [0.2, 0.25) is 0 Å². The minimum absolute atomic E-state index is 0.207. The highest BCUT2D eigenvalue weighted by Crippen LogP contribution is 2.29. The molecule has 0 heterocycles. The van der Waals surface area contributed by atoms with E-state index in [2.05, 4.69) is 13.0 Å². The van der Waals surface area contributed by atoms with E-state index in [0.29, 0.717) is 12.5 Å². The van der Waals surface area contributed by atoms with Gasteiger partial charge >= 0.3 is 0 Å². The van der Waals surface area contributed by atoms with Crippen molar-refractivity contribution < 1.29 is 4.74 Å². The molecule has 1 aliphatic carbocycles. The van der Waals surface area contributed by atoms with Gasteiger partial charge in [-0.05, 0) is 37.3 Å². The van der Waals surface area contributed by atoms with Crippen LogP contribution < -0.4 is 10.5 Å². The van der Waals surface area contributed by atoms with Crippen LogP contribution in [0, 0.1) is 12.8 Å². The van der Waals surface area contributed by atoms with E-state index < -0.39 is 0 Å². The fourth-order valence-electron chi connectivity index (χ4n) is 1.91. The fraction of sp³-hybridized carbons (Fsp3) is 0.538. The van der Waals surface area contributed by atoms with Gasteiger partial charge in [0.15, 0.2) is 0 Å². The van der Waals surface area contributed by atoms with Crippen molar-refractivity contribution in [3.8, 4) is 5.75 Å². The van der Waals surface area contributed by atoms with Gasteiger partial charge in [-0.15, -0.1) is 0 Å². The lowest BCUT2D eigenvalue weighted by molar-refractivity contribution is 0.188. The molecule has 0 aliphatic heterocycles. The zero-order valence-corrected chi connectivity index (χ0v) is 9.28. The molecule has 82 valence electrons. The molecule has 1 aliphatic rings. The Bertz CT molecular complexity index is 320. The van der Waals surface area contributed by atoms with Crippen LogP contribution in [-0.2, 0) is 0 Å². The number of hydrogen-bond acceptors (Lipinski definition) is 2. The third-order valence-electron chi connectivity index (χ3n) is 3.28. The molecule has 0 radical (unpaired) electrons. The van der Waals surface area contributed by atoms with Crippen LogP contribution in [-0.4, -0.2) is 12.6 Å². The third kappa shape index (κ3) is 2.51. The lowest BCUT2D eigenvalue weighted by Gasteiger charge is -2.31. The van der Waals surface area contributed by atoms with Crippen molar-refractivity contribution in [2.45, 2.75) is 32.2 Å². The summed E-state index contributed by atoms with van der Waals surface area (Å²) in [5.41, 5.74) is 7.23. The normalized spacial score (nSPS) is 18.3. The van der Waals surface area contributed by atoms with Gasteiger partial charge in [-0.2, -0.15) is 0 Å². The summed E-state index contributed by atoms with van der Waals surface area (Å²) in [5.74, 6) is 1.65. The minimum atomic E-state index is 0.207. The predicted molar refractivity (Wildman–Crippen MR) is 62.0 cm³/mol. The molecule has 1 atom stereocenters. The number of hydrogen-bond donors (Lipinski definition) is 1. The van der Waals surface area contributed by atoms with Crippen molar-refractivity contribution in [1.29, 1.82) is 0 Å². The van der Waals surface area contributed by atoms with Crippen LogP contribution in [0.4, 0.5) is 0 Å². The second kappa shape index (κ2) is 4.67. The maximum atomic E-state index is 6.05. The average molecular weight is 205 g/mol. The van der Waals surface area contributed by atoms with Crippen LogP contribution in [0.3, 0.4) is 0 Å². The summed E-state index contributed by atoms with van der Waals surface area (Å²) in [6.45, 7) is 2.71. The molecule has 1 unspecified atom stereocenters. The van der Waals surface area contributed by atoms with E-state index in [1.807, 2.05) is 18.2 Å². The molecule has 2 N–H and O–H groups in total. The highest BCUT2D eigenvalue weighted by atomic mass is 16.5. The van der Waals surface area contributed by atoms with Crippen LogP contribution in [0.15, 0.2) is 24.3 Å². The molecule has 0 amide bonds. The SMILES string of the molecule is Cc1ccccc1OCC(N)C1CCC1. The van der Waals surface area contributed by atoms with Crippen LogP contribution in [0.1, 0.15) is 24.8 Å². The lowest BCUT2D eigenvalue weighted by Crippen LogP contribution is -2.39. The Morgan fingerprint density at radius 1 is 1.40 bits per heavy atom. The number of rotatable bonds is 4. The van der Waals surface area contributed by atoms with Gasteiger partial charge in [-0.3, -0.25) is 0 Å². The first-order chi connectivity index (χ1) is 7.27. The maximum Gasteiger partial charge on any atom is 0.122 e. The summed E-state index contributed by atoms with van der Waals surface area (Å²) >= 11 is 0. The van der Waals surface area contributed by atoms with Gasteiger partial charge in [0, 0.05) is 6.04 Å². The highest BCUT2D eigenvalue weighted by Gasteiger charge is 2.24. The summed E-state index contributed by atoms with van der Waals surface area (Å²) in [5, 5.41) is 0. The number of aryl methyl sites for hydroxylation is 1. The first-order valence-electron chi connectivity index (χ1n) is 5.71. The zero-order valence-electron chi connectivity index (χ0n) is 9.28. The largest absolute Gasteiger partial charge is 0.492 e. The van der Waals surface area contributed by atoms with E-state index in [0.717, 1.165) is 5.75 Å². The molecule has 0 spiro atoms. The monoisotopic (exact) mass is 205 g/mol. The molecule has 2 rings (SSSR count). The lowest BCUT2D eigenvalue weighted by atomic mass is 9.80. The summed E-state index contributed by atoms with van der Waals surface area (Å²) in [6.07, 6.45) is 3.89. The molecule has 1 aromatic carbocycles. The molecule has 1 saturated carbocycles. The fourth-order valence-corrected chi connectivity index (χ4v) is 1.91. The zero-order chi connectivity index (χ0) is 10.7. The van der Waals surface area contributed by atoms with E-state index in [1.54, 1.807) is 0 Å². The van der Waals surface area contributed by atoms with Gasteiger partial charge in [0.25, 0.3) is 0 Å². The molecular formula is C13H19NO. The molecule has 2 heteroatoms. The summed E-state index contributed by atoms with van der Waals surface area (Å²) < 4.78 is 5.73. The van der Waals surface area contributed by atoms with E-state index in [4.69, 9.17) is 10.5 Å². The quantitative estimate of drug-likeness (QED) is 0.819. The Balaban J connectivity index is 1.84. The molecule has 0 aromatic heterocycles. The van der Waals surface area contributed by atoms with Gasteiger partial charge in [0.1, 0.15) is 12.4 Å². The topological polar surface area (TPSA) is 35.2 Å². The van der Waals surface area contributed by atoms with Crippen LogP contribution in [0.5, 0.6) is 5.75 Å². The van der Waals surface area contributed by atoms with Crippen molar-refractivity contribution in [2.24, 2.45) is 11.7 Å². The number of nitrogens with two attached hydrogens (primary N) is 1. The summed E-state index contributed by atoms with van der Waals surface area (Å²) in [4.78, 5) is 0. The smallest absolute Gasteiger partial charge is 0.122 e. The predicted octanol–water partition coefficient (Wildman–Crippen LogP) is 2.50. The van der Waals surface area contributed by atoms with Crippen LogP contribution in [0.25, 0.3) is 0 Å². The van der Waals surface area contributed by atoms with Crippen molar-refractivity contribution in [3.05, 3.63) is 29.8 Å². The molecular weight excluding hydrogens is 186 g/mol. The minimum Gasteiger partial charge on any atom is -0.492 e. The van der Waals surface area contributed by atoms with Gasteiger partial charge in [0.2, 0.25) is 0 Å². The Hall–Kier alpha value is -1.02. The number of benzene rings is 1. The van der Waals surface area contributed by atoms with E-state index >= 15 is 0 Å². The summed E-state index contributed by atoms with van der Waals surface area (Å²) in [6, 6.07) is 8.29. The second-order valence-electron chi connectivity index (χ2n) is 4.43. The molecule has 0 bridgehead atoms. The number of para-hydroxylation sites is 1. The first-order valence-corrected chi connectivity index (χ1v) is 5.71. The average Bonchev–Trinajstić information content (AvgIpc) is 2.14. The Morgan fingerprint density at radius 3 is 2.73 bits per heavy atom. The highest BCUT2D eigenvalue weighted by molar-refractivity contribution is 5.31. The van der Waals surface area contributed by atoms with E-state index in [-0.39, 0.29) is 6.04 Å².